The third-order valence-corrected chi connectivity index (χ3v) is 13.0. The lowest BCUT2D eigenvalue weighted by Crippen LogP contribution is -2.49. The summed E-state index contributed by atoms with van der Waals surface area (Å²) in [5.74, 6) is 0.0753. The molecule has 13 nitrogen and oxygen atoms in total. The van der Waals surface area contributed by atoms with Crippen molar-refractivity contribution in [3.8, 4) is 17.6 Å². The van der Waals surface area contributed by atoms with Crippen LogP contribution in [-0.2, 0) is 18.3 Å². The van der Waals surface area contributed by atoms with Gasteiger partial charge in [0.1, 0.15) is 23.2 Å². The van der Waals surface area contributed by atoms with Gasteiger partial charge >= 0.3 is 6.03 Å². The van der Waals surface area contributed by atoms with Gasteiger partial charge in [-0.2, -0.15) is 10.4 Å². The maximum Gasteiger partial charge on any atom is 0.329 e. The van der Waals surface area contributed by atoms with Crippen LogP contribution in [0, 0.1) is 28.9 Å². The van der Waals surface area contributed by atoms with E-state index >= 15 is 4.39 Å². The monoisotopic (exact) mass is 822 g/mol. The molecule has 308 valence electrons. The summed E-state index contributed by atoms with van der Waals surface area (Å²) in [5.41, 5.74) is 4.27. The number of nitrogens with one attached hydrogen (secondary N) is 2. The molecule has 2 N–H and O–H groups in total. The Kier molecular flexibility index (Phi) is 12.0. The van der Waals surface area contributed by atoms with E-state index in [1.54, 1.807) is 29.9 Å². The maximum absolute atomic E-state index is 15.7. The fraction of sp³-hybridized carbons (Fsp3) is 0.442. The summed E-state index contributed by atoms with van der Waals surface area (Å²) in [5, 5.41) is 17.3. The number of hydrogen-bond donors (Lipinski definition) is 2. The van der Waals surface area contributed by atoms with Crippen molar-refractivity contribution in [1.29, 1.82) is 5.26 Å². The van der Waals surface area contributed by atoms with Crippen LogP contribution in [0.5, 0.6) is 11.5 Å². The van der Waals surface area contributed by atoms with Crippen LogP contribution in [0.2, 0.25) is 0 Å². The van der Waals surface area contributed by atoms with E-state index in [1.165, 1.54) is 35.2 Å². The summed E-state index contributed by atoms with van der Waals surface area (Å²) in [6, 6.07) is 13.5. The number of anilines is 2. The molecule has 8 rings (SSSR count). The highest BCUT2D eigenvalue weighted by molar-refractivity contribution is 7.98. The molecule has 3 fully saturated rings. The SMILES string of the molecule is CCN(C)SNc1ccc(F)c(Oc2ccc3ncc(CCC4CCN(C5CCC(c6cc7c(cc6F)c(N6CCC(=O)NC6=O)nn7C)CC5)CC4)nc3c2)c1C#N. The molecular weight excluding hydrogens is 775 g/mol. The first-order chi connectivity index (χ1) is 28.6. The highest BCUT2D eigenvalue weighted by Crippen LogP contribution is 2.40. The van der Waals surface area contributed by atoms with Gasteiger partial charge in [0, 0.05) is 62.4 Å². The Hall–Kier alpha value is -5.37. The summed E-state index contributed by atoms with van der Waals surface area (Å²) >= 11 is 1.32. The van der Waals surface area contributed by atoms with Gasteiger partial charge < -0.3 is 14.4 Å². The first kappa shape index (κ1) is 40.4. The van der Waals surface area contributed by atoms with Gasteiger partial charge in [0.15, 0.2) is 17.4 Å². The Morgan fingerprint density at radius 1 is 1.02 bits per heavy atom. The molecule has 0 bridgehead atoms. The van der Waals surface area contributed by atoms with Crippen molar-refractivity contribution in [3.63, 3.8) is 0 Å². The standard InChI is InChI=1S/C43H48F2N10O3S/c1-4-52(2)59-51-36-14-12-34(44)41(33(36)24-46)58-30-11-13-37-38(21-30)48-28(25-47-37)8-5-26-15-18-54(19-16-26)29-9-6-27(7-10-29)31-23-39-32(22-35(31)45)42(50-53(39)3)55-20-17-40(56)49-43(55)57/h11-14,21-23,25-27,29,51H,4-10,15-20H2,1-3H3,(H,49,56,57). The van der Waals surface area contributed by atoms with Gasteiger partial charge in [0.2, 0.25) is 5.91 Å². The molecule has 3 amide bonds. The number of hydrogen-bond acceptors (Lipinski definition) is 11. The van der Waals surface area contributed by atoms with Crippen molar-refractivity contribution in [3.05, 3.63) is 77.1 Å². The molecule has 16 heteroatoms. The molecule has 0 unspecified atom stereocenters. The van der Waals surface area contributed by atoms with Gasteiger partial charge in [-0.05, 0) is 125 Å². The lowest BCUT2D eigenvalue weighted by Gasteiger charge is -2.41. The van der Waals surface area contributed by atoms with Crippen molar-refractivity contribution < 1.29 is 23.1 Å². The number of halogens is 2. The minimum atomic E-state index is -0.627. The predicted octanol–water partition coefficient (Wildman–Crippen LogP) is 8.20. The van der Waals surface area contributed by atoms with E-state index in [4.69, 9.17) is 9.72 Å². The zero-order valence-electron chi connectivity index (χ0n) is 33.5. The molecule has 5 aromatic rings. The zero-order valence-corrected chi connectivity index (χ0v) is 34.3. The molecule has 0 atom stereocenters. The van der Waals surface area contributed by atoms with Crippen LogP contribution in [0.4, 0.5) is 25.1 Å². The number of carbonyl (C=O) groups is 2. The number of nitrogens with zero attached hydrogens (tertiary/aromatic N) is 8. The largest absolute Gasteiger partial charge is 0.453 e. The second kappa shape index (κ2) is 17.5. The number of carbonyl (C=O) groups excluding carboxylic acids is 2. The van der Waals surface area contributed by atoms with Crippen LogP contribution in [0.3, 0.4) is 0 Å². The average molecular weight is 823 g/mol. The van der Waals surface area contributed by atoms with Gasteiger partial charge in [-0.1, -0.05) is 6.92 Å². The number of nitriles is 1. The lowest BCUT2D eigenvalue weighted by molar-refractivity contribution is -0.120. The minimum Gasteiger partial charge on any atom is -0.453 e. The molecule has 2 saturated heterocycles. The van der Waals surface area contributed by atoms with E-state index in [9.17, 15) is 19.2 Å². The second-order valence-electron chi connectivity index (χ2n) is 15.8. The number of aromatic nitrogens is 4. The van der Waals surface area contributed by atoms with Crippen molar-refractivity contribution >= 4 is 57.5 Å². The maximum atomic E-state index is 15.7. The van der Waals surface area contributed by atoms with E-state index in [1.807, 2.05) is 30.5 Å². The van der Waals surface area contributed by atoms with E-state index in [-0.39, 0.29) is 41.9 Å². The molecule has 3 aliphatic rings. The topological polar surface area (TPSA) is 145 Å². The number of ether oxygens (including phenoxy) is 1. The summed E-state index contributed by atoms with van der Waals surface area (Å²) in [6.45, 7) is 5.09. The Morgan fingerprint density at radius 3 is 2.56 bits per heavy atom. The van der Waals surface area contributed by atoms with Crippen LogP contribution in [-0.4, -0.2) is 80.2 Å². The highest BCUT2D eigenvalue weighted by atomic mass is 32.2. The quantitative estimate of drug-likeness (QED) is 0.118. The Bertz CT molecular complexity index is 2420. The van der Waals surface area contributed by atoms with Gasteiger partial charge in [0.25, 0.3) is 0 Å². The summed E-state index contributed by atoms with van der Waals surface area (Å²) in [6.07, 6.45) is 9.91. The zero-order chi connectivity index (χ0) is 41.2. The third-order valence-electron chi connectivity index (χ3n) is 12.1. The molecule has 1 saturated carbocycles. The second-order valence-corrected chi connectivity index (χ2v) is 16.8. The number of rotatable bonds is 12. The molecule has 0 radical (unpaired) electrons. The summed E-state index contributed by atoms with van der Waals surface area (Å²) in [7, 11) is 3.71. The molecule has 3 aromatic carbocycles. The fourth-order valence-corrected chi connectivity index (χ4v) is 9.19. The summed E-state index contributed by atoms with van der Waals surface area (Å²) < 4.78 is 43.4. The molecule has 2 aliphatic heterocycles. The molecule has 59 heavy (non-hydrogen) atoms. The number of urea groups is 1. The van der Waals surface area contributed by atoms with Gasteiger partial charge in [-0.3, -0.25) is 24.7 Å². The predicted molar refractivity (Wildman–Crippen MR) is 224 cm³/mol. The van der Waals surface area contributed by atoms with E-state index in [0.717, 1.165) is 82.2 Å². The highest BCUT2D eigenvalue weighted by Gasteiger charge is 2.33. The number of benzene rings is 3. The number of imide groups is 1. The number of fused-ring (bicyclic) bond motifs is 2. The Labute approximate surface area is 346 Å². The number of aryl methyl sites for hydroxylation is 2. The van der Waals surface area contributed by atoms with Crippen molar-refractivity contribution in [2.45, 2.75) is 76.7 Å². The molecule has 2 aromatic heterocycles. The molecule has 4 heterocycles. The smallest absolute Gasteiger partial charge is 0.329 e. The first-order valence-corrected chi connectivity index (χ1v) is 21.2. The van der Waals surface area contributed by atoms with Crippen LogP contribution in [0.25, 0.3) is 21.9 Å². The normalized spacial score (nSPS) is 19.4. The van der Waals surface area contributed by atoms with Gasteiger partial charge in [-0.15, -0.1) is 0 Å². The van der Waals surface area contributed by atoms with Crippen LogP contribution in [0.1, 0.15) is 81.0 Å². The van der Waals surface area contributed by atoms with Crippen LogP contribution < -0.4 is 19.7 Å². The van der Waals surface area contributed by atoms with Gasteiger partial charge in [-0.25, -0.2) is 22.9 Å². The molecule has 1 aliphatic carbocycles. The lowest BCUT2D eigenvalue weighted by atomic mass is 9.80. The van der Waals surface area contributed by atoms with E-state index < -0.39 is 11.8 Å². The first-order valence-electron chi connectivity index (χ1n) is 20.4. The molecular formula is C43H48F2N10O3S. The van der Waals surface area contributed by atoms with Crippen molar-refractivity contribution in [2.24, 2.45) is 13.0 Å². The van der Waals surface area contributed by atoms with Crippen molar-refractivity contribution in [1.82, 2.24) is 34.3 Å². The number of likely N-dealkylation sites (tertiary alicyclic amines) is 1. The van der Waals surface area contributed by atoms with Crippen LogP contribution >= 0.6 is 12.1 Å². The fourth-order valence-electron chi connectivity index (χ4n) is 8.64. The van der Waals surface area contributed by atoms with E-state index in [2.05, 4.69) is 31.1 Å². The van der Waals surface area contributed by atoms with Gasteiger partial charge in [0.05, 0.1) is 27.9 Å². The molecule has 0 spiro atoms. The van der Waals surface area contributed by atoms with Crippen molar-refractivity contribution in [2.75, 3.05) is 42.8 Å². The summed E-state index contributed by atoms with van der Waals surface area (Å²) in [4.78, 5) is 37.7. The van der Waals surface area contributed by atoms with Crippen LogP contribution in [0.15, 0.2) is 48.7 Å². The number of piperidine rings is 1. The Morgan fingerprint density at radius 2 is 1.81 bits per heavy atom. The number of amides is 3. The Balaban J connectivity index is 0.837. The third kappa shape index (κ3) is 8.69. The average Bonchev–Trinajstić information content (AvgIpc) is 3.56. The van der Waals surface area contributed by atoms with E-state index in [0.29, 0.717) is 51.2 Å². The minimum absolute atomic E-state index is 0.0818.